The molecule has 3 heteroatoms. The Labute approximate surface area is 125 Å². The van der Waals surface area contributed by atoms with Crippen molar-refractivity contribution in [3.63, 3.8) is 0 Å². The molecule has 0 aliphatic rings. The fraction of sp³-hybridized carbons (Fsp3) is 0.294. The molecule has 0 heterocycles. The van der Waals surface area contributed by atoms with Crippen LogP contribution in [0.3, 0.4) is 0 Å². The van der Waals surface area contributed by atoms with Gasteiger partial charge in [0.25, 0.3) is 0 Å². The third-order valence-corrected chi connectivity index (χ3v) is 4.10. The van der Waals surface area contributed by atoms with Crippen LogP contribution in [0.25, 0.3) is 0 Å². The fourth-order valence-electron chi connectivity index (χ4n) is 2.02. The van der Waals surface area contributed by atoms with Gasteiger partial charge in [-0.2, -0.15) is 0 Å². The first-order chi connectivity index (χ1) is 9.83. The molecule has 2 aromatic carbocycles. The highest BCUT2D eigenvalue weighted by Gasteiger charge is 2.07. The number of thioether (sulfide) groups is 1. The standard InChI is InChI=1S/C17H20O2S/c1-18-17(19-2)15-8-10-16(11-9-15)20-13-12-14-6-4-3-5-7-14/h3-11,17H,12-13H2,1-2H3. The second-order valence-electron chi connectivity index (χ2n) is 4.46. The van der Waals surface area contributed by atoms with E-state index in [2.05, 4.69) is 54.6 Å². The van der Waals surface area contributed by atoms with Gasteiger partial charge in [-0.3, -0.25) is 0 Å². The average molecular weight is 288 g/mol. The van der Waals surface area contributed by atoms with E-state index in [0.29, 0.717) is 0 Å². The van der Waals surface area contributed by atoms with Crippen LogP contribution >= 0.6 is 11.8 Å². The van der Waals surface area contributed by atoms with Crippen molar-refractivity contribution in [3.8, 4) is 0 Å². The molecule has 0 atom stereocenters. The predicted octanol–water partition coefficient (Wildman–Crippen LogP) is 4.31. The summed E-state index contributed by atoms with van der Waals surface area (Å²) in [5.41, 5.74) is 2.43. The summed E-state index contributed by atoms with van der Waals surface area (Å²) in [5.74, 6) is 1.08. The molecule has 2 nitrogen and oxygen atoms in total. The number of methoxy groups -OCH3 is 2. The molecule has 2 aromatic rings. The Balaban J connectivity index is 1.85. The summed E-state index contributed by atoms with van der Waals surface area (Å²) in [4.78, 5) is 1.27. The normalized spacial score (nSPS) is 10.9. The van der Waals surface area contributed by atoms with E-state index >= 15 is 0 Å². The molecule has 0 saturated heterocycles. The van der Waals surface area contributed by atoms with E-state index in [9.17, 15) is 0 Å². The Bertz CT molecular complexity index is 492. The maximum absolute atomic E-state index is 5.24. The van der Waals surface area contributed by atoms with Crippen LogP contribution in [0.15, 0.2) is 59.5 Å². The largest absolute Gasteiger partial charge is 0.352 e. The van der Waals surface area contributed by atoms with Crippen LogP contribution in [0.2, 0.25) is 0 Å². The number of rotatable bonds is 7. The van der Waals surface area contributed by atoms with Gasteiger partial charge in [0.05, 0.1) is 0 Å². The van der Waals surface area contributed by atoms with Crippen molar-refractivity contribution in [2.45, 2.75) is 17.6 Å². The molecule has 0 saturated carbocycles. The minimum Gasteiger partial charge on any atom is -0.352 e. The zero-order valence-electron chi connectivity index (χ0n) is 11.9. The quantitative estimate of drug-likeness (QED) is 0.558. The molecule has 0 amide bonds. The molecule has 0 aromatic heterocycles. The monoisotopic (exact) mass is 288 g/mol. The van der Waals surface area contributed by atoms with Crippen molar-refractivity contribution in [3.05, 3.63) is 65.7 Å². The Morgan fingerprint density at radius 3 is 2.15 bits per heavy atom. The predicted molar refractivity (Wildman–Crippen MR) is 84.1 cm³/mol. The molecule has 0 bridgehead atoms. The summed E-state index contributed by atoms with van der Waals surface area (Å²) < 4.78 is 10.5. The van der Waals surface area contributed by atoms with Gasteiger partial charge in [0.1, 0.15) is 0 Å². The highest BCUT2D eigenvalue weighted by atomic mass is 32.2. The van der Waals surface area contributed by atoms with Gasteiger partial charge in [-0.25, -0.2) is 0 Å². The third kappa shape index (κ3) is 4.37. The van der Waals surface area contributed by atoms with Crippen LogP contribution in [0.1, 0.15) is 17.4 Å². The topological polar surface area (TPSA) is 18.5 Å². The van der Waals surface area contributed by atoms with Gasteiger partial charge in [0, 0.05) is 30.4 Å². The lowest BCUT2D eigenvalue weighted by molar-refractivity contribution is -0.106. The van der Waals surface area contributed by atoms with Crippen molar-refractivity contribution in [1.29, 1.82) is 0 Å². The van der Waals surface area contributed by atoms with Crippen molar-refractivity contribution >= 4 is 11.8 Å². The lowest BCUT2D eigenvalue weighted by Crippen LogP contribution is -2.03. The van der Waals surface area contributed by atoms with Crippen molar-refractivity contribution in [2.75, 3.05) is 20.0 Å². The molecular formula is C17H20O2S. The summed E-state index contributed by atoms with van der Waals surface area (Å²) in [6, 6.07) is 18.9. The molecule has 0 aliphatic carbocycles. The van der Waals surface area contributed by atoms with Gasteiger partial charge in [0.2, 0.25) is 0 Å². The lowest BCUT2D eigenvalue weighted by atomic mass is 10.2. The Morgan fingerprint density at radius 2 is 1.55 bits per heavy atom. The summed E-state index contributed by atoms with van der Waals surface area (Å²) in [6.45, 7) is 0. The number of aryl methyl sites for hydroxylation is 1. The van der Waals surface area contributed by atoms with Gasteiger partial charge >= 0.3 is 0 Å². The van der Waals surface area contributed by atoms with Gasteiger partial charge in [-0.05, 0) is 24.1 Å². The molecule has 0 unspecified atom stereocenters. The first-order valence-electron chi connectivity index (χ1n) is 6.65. The summed E-state index contributed by atoms with van der Waals surface area (Å²) in [7, 11) is 3.30. The van der Waals surface area contributed by atoms with Gasteiger partial charge in [-0.1, -0.05) is 42.5 Å². The van der Waals surface area contributed by atoms with E-state index in [1.807, 2.05) is 11.8 Å². The Hall–Kier alpha value is -1.29. The zero-order valence-corrected chi connectivity index (χ0v) is 12.7. The maximum atomic E-state index is 5.24. The van der Waals surface area contributed by atoms with Crippen molar-refractivity contribution in [2.24, 2.45) is 0 Å². The molecule has 0 N–H and O–H groups in total. The summed E-state index contributed by atoms with van der Waals surface area (Å²) in [6.07, 6.45) is 0.810. The van der Waals surface area contributed by atoms with Crippen LogP contribution in [-0.2, 0) is 15.9 Å². The zero-order chi connectivity index (χ0) is 14.2. The number of benzene rings is 2. The van der Waals surface area contributed by atoms with Crippen LogP contribution < -0.4 is 0 Å². The minimum absolute atomic E-state index is 0.279. The lowest BCUT2D eigenvalue weighted by Gasteiger charge is -2.13. The molecule has 0 fully saturated rings. The second-order valence-corrected chi connectivity index (χ2v) is 5.62. The SMILES string of the molecule is COC(OC)c1ccc(SCCc2ccccc2)cc1. The van der Waals surface area contributed by atoms with E-state index in [1.165, 1.54) is 10.5 Å². The van der Waals surface area contributed by atoms with Gasteiger partial charge in [-0.15, -0.1) is 11.8 Å². The van der Waals surface area contributed by atoms with E-state index in [1.54, 1.807) is 14.2 Å². The first-order valence-corrected chi connectivity index (χ1v) is 7.64. The molecule has 0 radical (unpaired) electrons. The van der Waals surface area contributed by atoms with Crippen LogP contribution in [0.5, 0.6) is 0 Å². The smallest absolute Gasteiger partial charge is 0.183 e. The molecule has 106 valence electrons. The number of hydrogen-bond acceptors (Lipinski definition) is 3. The van der Waals surface area contributed by atoms with Crippen LogP contribution in [0.4, 0.5) is 0 Å². The molecule has 20 heavy (non-hydrogen) atoms. The van der Waals surface area contributed by atoms with E-state index in [-0.39, 0.29) is 6.29 Å². The maximum Gasteiger partial charge on any atom is 0.183 e. The highest BCUT2D eigenvalue weighted by Crippen LogP contribution is 2.23. The fourth-order valence-corrected chi connectivity index (χ4v) is 2.92. The Morgan fingerprint density at radius 1 is 0.900 bits per heavy atom. The number of ether oxygens (including phenoxy) is 2. The molecule has 0 spiro atoms. The van der Waals surface area contributed by atoms with E-state index in [0.717, 1.165) is 17.7 Å². The first kappa shape index (κ1) is 15.1. The van der Waals surface area contributed by atoms with E-state index < -0.39 is 0 Å². The molecular weight excluding hydrogens is 268 g/mol. The molecule has 0 aliphatic heterocycles. The van der Waals surface area contributed by atoms with Crippen LogP contribution in [0, 0.1) is 0 Å². The second kappa shape index (κ2) is 8.10. The van der Waals surface area contributed by atoms with Crippen molar-refractivity contribution in [1.82, 2.24) is 0 Å². The number of hydrogen-bond donors (Lipinski definition) is 0. The van der Waals surface area contributed by atoms with Gasteiger partial charge in [0.15, 0.2) is 6.29 Å². The minimum atomic E-state index is -0.279. The van der Waals surface area contributed by atoms with Crippen LogP contribution in [-0.4, -0.2) is 20.0 Å². The summed E-state index contributed by atoms with van der Waals surface area (Å²) in [5, 5.41) is 0. The average Bonchev–Trinajstić information content (AvgIpc) is 2.51. The third-order valence-electron chi connectivity index (χ3n) is 3.08. The molecule has 2 rings (SSSR count). The van der Waals surface area contributed by atoms with Crippen molar-refractivity contribution < 1.29 is 9.47 Å². The van der Waals surface area contributed by atoms with E-state index in [4.69, 9.17) is 9.47 Å². The van der Waals surface area contributed by atoms with Gasteiger partial charge < -0.3 is 9.47 Å². The Kier molecular flexibility index (Phi) is 6.12. The summed E-state index contributed by atoms with van der Waals surface area (Å²) >= 11 is 1.87. The highest BCUT2D eigenvalue weighted by molar-refractivity contribution is 7.99.